The summed E-state index contributed by atoms with van der Waals surface area (Å²) in [5, 5.41) is 4.07. The molecule has 0 aliphatic carbocycles. The summed E-state index contributed by atoms with van der Waals surface area (Å²) in [7, 11) is 1.62. The first-order valence-corrected chi connectivity index (χ1v) is 6.10. The highest BCUT2D eigenvalue weighted by Gasteiger charge is 2.04. The number of nitrogens with one attached hydrogen (secondary N) is 1. The minimum atomic E-state index is -0.286. The van der Waals surface area contributed by atoms with E-state index >= 15 is 0 Å². The molecular weight excluding hydrogens is 254 g/mol. The van der Waals surface area contributed by atoms with Crippen LogP contribution >= 0.6 is 0 Å². The van der Waals surface area contributed by atoms with Crippen LogP contribution in [-0.2, 0) is 0 Å². The average Bonchev–Trinajstić information content (AvgIpc) is 2.53. The molecule has 1 aromatic carbocycles. The molecule has 1 N–H and O–H groups in total. The van der Waals surface area contributed by atoms with Crippen molar-refractivity contribution >= 4 is 11.6 Å². The lowest BCUT2D eigenvalue weighted by atomic mass is 10.1. The molecule has 0 unspecified atom stereocenters. The van der Waals surface area contributed by atoms with Gasteiger partial charge in [0.25, 0.3) is 5.91 Å². The zero-order valence-electron chi connectivity index (χ0n) is 11.3. The lowest BCUT2D eigenvalue weighted by molar-refractivity contribution is 0.0954. The van der Waals surface area contributed by atoms with Gasteiger partial charge in [0.1, 0.15) is 5.75 Å². The molecule has 2 rings (SSSR count). The molecule has 102 valence electrons. The molecule has 0 radical (unpaired) electrons. The molecule has 1 heterocycles. The molecule has 0 saturated heterocycles. The van der Waals surface area contributed by atoms with Gasteiger partial charge in [-0.1, -0.05) is 0 Å². The fraction of sp³-hybridized carbons (Fsp3) is 0.133. The van der Waals surface area contributed by atoms with E-state index in [0.29, 0.717) is 11.3 Å². The predicted octanol–water partition coefficient (Wildman–Crippen LogP) is 2.24. The van der Waals surface area contributed by atoms with E-state index in [1.54, 1.807) is 25.4 Å². The van der Waals surface area contributed by atoms with Crippen molar-refractivity contribution in [2.45, 2.75) is 6.92 Å². The van der Waals surface area contributed by atoms with Crippen LogP contribution in [0, 0.1) is 0 Å². The molecule has 0 fully saturated rings. The van der Waals surface area contributed by atoms with E-state index in [9.17, 15) is 4.79 Å². The maximum Gasteiger partial charge on any atom is 0.272 e. The Bertz CT molecular complexity index is 607. The largest absolute Gasteiger partial charge is 0.497 e. The fourth-order valence-electron chi connectivity index (χ4n) is 1.59. The Hall–Kier alpha value is -2.69. The molecule has 0 saturated carbocycles. The molecule has 5 nitrogen and oxygen atoms in total. The van der Waals surface area contributed by atoms with Crippen molar-refractivity contribution in [1.29, 1.82) is 0 Å². The topological polar surface area (TPSA) is 63.6 Å². The van der Waals surface area contributed by atoms with Crippen molar-refractivity contribution in [3.05, 3.63) is 59.9 Å². The lowest BCUT2D eigenvalue weighted by Crippen LogP contribution is -2.19. The van der Waals surface area contributed by atoms with Gasteiger partial charge in [0.15, 0.2) is 0 Å². The molecule has 2 aromatic rings. The zero-order valence-corrected chi connectivity index (χ0v) is 11.3. The van der Waals surface area contributed by atoms with Gasteiger partial charge in [0, 0.05) is 12.4 Å². The van der Waals surface area contributed by atoms with Crippen molar-refractivity contribution < 1.29 is 9.53 Å². The Morgan fingerprint density at radius 1 is 1.20 bits per heavy atom. The van der Waals surface area contributed by atoms with Gasteiger partial charge in [0.05, 0.1) is 18.4 Å². The lowest BCUT2D eigenvalue weighted by Gasteiger charge is -2.04. The third kappa shape index (κ3) is 3.41. The number of aromatic nitrogens is 1. The van der Waals surface area contributed by atoms with Crippen LogP contribution in [0.2, 0.25) is 0 Å². The van der Waals surface area contributed by atoms with E-state index in [0.717, 1.165) is 11.3 Å². The zero-order chi connectivity index (χ0) is 14.4. The van der Waals surface area contributed by atoms with Gasteiger partial charge in [-0.25, -0.2) is 5.43 Å². The van der Waals surface area contributed by atoms with Crippen LogP contribution in [0.15, 0.2) is 53.9 Å². The molecule has 1 amide bonds. The van der Waals surface area contributed by atoms with Gasteiger partial charge in [0.2, 0.25) is 0 Å². The summed E-state index contributed by atoms with van der Waals surface area (Å²) in [4.78, 5) is 15.7. The van der Waals surface area contributed by atoms with Gasteiger partial charge in [-0.2, -0.15) is 5.10 Å². The summed E-state index contributed by atoms with van der Waals surface area (Å²) >= 11 is 0. The van der Waals surface area contributed by atoms with E-state index in [1.807, 2.05) is 31.2 Å². The Balaban J connectivity index is 2.05. The summed E-state index contributed by atoms with van der Waals surface area (Å²) in [5.41, 5.74) is 4.60. The summed E-state index contributed by atoms with van der Waals surface area (Å²) < 4.78 is 5.09. The first kappa shape index (κ1) is 13.7. The Morgan fingerprint density at radius 3 is 2.55 bits per heavy atom. The third-order valence-electron chi connectivity index (χ3n) is 2.76. The normalized spacial score (nSPS) is 11.0. The van der Waals surface area contributed by atoms with Gasteiger partial charge in [-0.15, -0.1) is 0 Å². The number of nitrogens with zero attached hydrogens (tertiary/aromatic N) is 2. The van der Waals surface area contributed by atoms with Crippen molar-refractivity contribution in [2.24, 2.45) is 5.10 Å². The summed E-state index contributed by atoms with van der Waals surface area (Å²) in [6.45, 7) is 1.82. The highest BCUT2D eigenvalue weighted by molar-refractivity contribution is 6.00. The maximum absolute atomic E-state index is 11.8. The molecule has 0 aliphatic rings. The van der Waals surface area contributed by atoms with Gasteiger partial charge >= 0.3 is 0 Å². The molecule has 5 heteroatoms. The van der Waals surface area contributed by atoms with Crippen molar-refractivity contribution in [3.63, 3.8) is 0 Å². The van der Waals surface area contributed by atoms with E-state index < -0.39 is 0 Å². The highest BCUT2D eigenvalue weighted by atomic mass is 16.5. The fourth-order valence-corrected chi connectivity index (χ4v) is 1.59. The predicted molar refractivity (Wildman–Crippen MR) is 76.9 cm³/mol. The number of pyridine rings is 1. The second-order valence-corrected chi connectivity index (χ2v) is 4.11. The molecular formula is C15H15N3O2. The van der Waals surface area contributed by atoms with Gasteiger partial charge < -0.3 is 4.74 Å². The number of carbonyl (C=O) groups excluding carboxylic acids is 1. The first-order chi connectivity index (χ1) is 9.70. The molecule has 0 aliphatic heterocycles. The minimum Gasteiger partial charge on any atom is -0.497 e. The third-order valence-corrected chi connectivity index (χ3v) is 2.76. The maximum atomic E-state index is 11.8. The number of carbonyl (C=O) groups is 1. The number of hydrogen-bond donors (Lipinski definition) is 1. The molecule has 0 bridgehead atoms. The van der Waals surface area contributed by atoms with Crippen LogP contribution in [0.4, 0.5) is 0 Å². The van der Waals surface area contributed by atoms with Gasteiger partial charge in [-0.05, 0) is 48.9 Å². The minimum absolute atomic E-state index is 0.286. The Morgan fingerprint density at radius 2 is 1.95 bits per heavy atom. The number of hydrogen-bond acceptors (Lipinski definition) is 4. The second kappa shape index (κ2) is 6.47. The summed E-state index contributed by atoms with van der Waals surface area (Å²) in [6, 6.07) is 10.8. The Labute approximate surface area is 117 Å². The number of hydrazone groups is 1. The SMILES string of the molecule is COc1ccc(C(C)=NNC(=O)c2cccnc2)cc1. The van der Waals surface area contributed by atoms with Gasteiger partial charge in [-0.3, -0.25) is 9.78 Å². The second-order valence-electron chi connectivity index (χ2n) is 4.11. The van der Waals surface area contributed by atoms with Crippen LogP contribution in [-0.4, -0.2) is 23.7 Å². The Kier molecular flexibility index (Phi) is 4.44. The summed E-state index contributed by atoms with van der Waals surface area (Å²) in [6.07, 6.45) is 3.11. The van der Waals surface area contributed by atoms with E-state index in [1.165, 1.54) is 6.20 Å². The van der Waals surface area contributed by atoms with E-state index in [-0.39, 0.29) is 5.91 Å². The number of rotatable bonds is 4. The molecule has 1 aromatic heterocycles. The summed E-state index contributed by atoms with van der Waals surface area (Å²) in [5.74, 6) is 0.493. The highest BCUT2D eigenvalue weighted by Crippen LogP contribution is 2.11. The molecule has 0 atom stereocenters. The van der Waals surface area contributed by atoms with Crippen molar-refractivity contribution in [3.8, 4) is 5.75 Å². The van der Waals surface area contributed by atoms with E-state index in [4.69, 9.17) is 4.74 Å². The first-order valence-electron chi connectivity index (χ1n) is 6.10. The number of methoxy groups -OCH3 is 1. The standard InChI is InChI=1S/C15H15N3O2/c1-11(12-5-7-14(20-2)8-6-12)17-18-15(19)13-4-3-9-16-10-13/h3-10H,1-2H3,(H,18,19). The smallest absolute Gasteiger partial charge is 0.272 e. The van der Waals surface area contributed by atoms with Crippen molar-refractivity contribution in [1.82, 2.24) is 10.4 Å². The number of benzene rings is 1. The molecule has 20 heavy (non-hydrogen) atoms. The molecule has 0 spiro atoms. The van der Waals surface area contributed by atoms with Crippen LogP contribution in [0.25, 0.3) is 0 Å². The van der Waals surface area contributed by atoms with Crippen LogP contribution < -0.4 is 10.2 Å². The van der Waals surface area contributed by atoms with E-state index in [2.05, 4.69) is 15.5 Å². The average molecular weight is 269 g/mol. The van der Waals surface area contributed by atoms with Crippen molar-refractivity contribution in [2.75, 3.05) is 7.11 Å². The monoisotopic (exact) mass is 269 g/mol. The van der Waals surface area contributed by atoms with Crippen LogP contribution in [0.1, 0.15) is 22.8 Å². The van der Waals surface area contributed by atoms with Crippen LogP contribution in [0.5, 0.6) is 5.75 Å². The number of amides is 1. The van der Waals surface area contributed by atoms with Crippen LogP contribution in [0.3, 0.4) is 0 Å². The number of ether oxygens (including phenoxy) is 1. The quantitative estimate of drug-likeness (QED) is 0.684.